The Morgan fingerprint density at radius 2 is 1.86 bits per heavy atom. The van der Waals surface area contributed by atoms with Gasteiger partial charge in [-0.05, 0) is 32.9 Å². The van der Waals surface area contributed by atoms with Gasteiger partial charge in [0.25, 0.3) is 0 Å². The van der Waals surface area contributed by atoms with Gasteiger partial charge < -0.3 is 19.0 Å². The zero-order valence-corrected chi connectivity index (χ0v) is 16.6. The highest BCUT2D eigenvalue weighted by Gasteiger charge is 2.25. The average Bonchev–Trinajstić information content (AvgIpc) is 2.67. The Hall–Kier alpha value is -2.94. The van der Waals surface area contributed by atoms with E-state index in [1.165, 1.54) is 18.5 Å². The topological polar surface area (TPSA) is 83.0 Å². The van der Waals surface area contributed by atoms with Gasteiger partial charge in [-0.15, -0.1) is 5.06 Å². The van der Waals surface area contributed by atoms with Gasteiger partial charge >= 0.3 is 6.16 Å². The van der Waals surface area contributed by atoms with Crippen LogP contribution in [0.25, 0.3) is 0 Å². The molecule has 29 heavy (non-hydrogen) atoms. The Kier molecular flexibility index (Phi) is 6.82. The molecule has 0 N–H and O–H groups in total. The van der Waals surface area contributed by atoms with Crippen LogP contribution in [0.5, 0.6) is 17.5 Å². The Bertz CT molecular complexity index is 841. The zero-order chi connectivity index (χ0) is 20.8. The number of rotatable bonds is 6. The molecule has 0 saturated carbocycles. The van der Waals surface area contributed by atoms with Crippen molar-refractivity contribution in [1.29, 1.82) is 0 Å². The summed E-state index contributed by atoms with van der Waals surface area (Å²) in [7, 11) is 0. The third-order valence-electron chi connectivity index (χ3n) is 4.25. The van der Waals surface area contributed by atoms with Crippen LogP contribution in [-0.2, 0) is 9.57 Å². The van der Waals surface area contributed by atoms with E-state index in [1.54, 1.807) is 38.0 Å². The predicted octanol–water partition coefficient (Wildman–Crippen LogP) is 4.04. The molecule has 9 heteroatoms. The molecule has 0 spiro atoms. The number of piperidine rings is 1. The number of para-hydroxylation sites is 1. The number of nitrogens with zero attached hydrogens (tertiary/aromatic N) is 3. The van der Waals surface area contributed by atoms with Crippen LogP contribution in [0.3, 0.4) is 0 Å². The summed E-state index contributed by atoms with van der Waals surface area (Å²) >= 11 is 0. The molecule has 3 rings (SSSR count). The van der Waals surface area contributed by atoms with E-state index in [9.17, 15) is 9.18 Å². The van der Waals surface area contributed by atoms with Gasteiger partial charge in [-0.25, -0.2) is 19.2 Å². The van der Waals surface area contributed by atoms with Crippen LogP contribution in [0.2, 0.25) is 0 Å². The number of benzene rings is 1. The van der Waals surface area contributed by atoms with Crippen molar-refractivity contribution in [3.8, 4) is 17.5 Å². The molecule has 0 bridgehead atoms. The van der Waals surface area contributed by atoms with E-state index in [0.29, 0.717) is 37.4 Å². The van der Waals surface area contributed by atoms with Gasteiger partial charge in [-0.2, -0.15) is 0 Å². The Morgan fingerprint density at radius 3 is 2.55 bits per heavy atom. The summed E-state index contributed by atoms with van der Waals surface area (Å²) in [4.78, 5) is 25.0. The molecule has 1 aliphatic heterocycles. The fraction of sp³-hybridized carbons (Fsp3) is 0.450. The molecule has 1 aromatic carbocycles. The number of hydroxylamine groups is 2. The molecule has 156 valence electrons. The van der Waals surface area contributed by atoms with Crippen molar-refractivity contribution in [3.63, 3.8) is 0 Å². The van der Waals surface area contributed by atoms with Crippen molar-refractivity contribution in [1.82, 2.24) is 15.0 Å². The average molecular weight is 405 g/mol. The first-order chi connectivity index (χ1) is 13.9. The summed E-state index contributed by atoms with van der Waals surface area (Å²) in [6.45, 7) is 6.30. The highest BCUT2D eigenvalue weighted by molar-refractivity contribution is 5.59. The maximum atomic E-state index is 13.8. The highest BCUT2D eigenvalue weighted by atomic mass is 19.1. The van der Waals surface area contributed by atoms with Crippen molar-refractivity contribution in [2.24, 2.45) is 0 Å². The lowest BCUT2D eigenvalue weighted by molar-refractivity contribution is -0.151. The van der Waals surface area contributed by atoms with Crippen molar-refractivity contribution in [2.75, 3.05) is 13.1 Å². The molecule has 2 aromatic rings. The number of halogens is 1. The Balaban J connectivity index is 1.56. The standard InChI is InChI=1S/C20H24FN3O5/c1-13(2)26-20(25)29-24-10-8-15(9-11-24)27-18-14(3)19(23-12-22-18)28-17-7-5-4-6-16(17)21/h4-7,12-13,15H,8-11H2,1-3H3. The van der Waals surface area contributed by atoms with Gasteiger partial charge in [-0.3, -0.25) is 0 Å². The van der Waals surface area contributed by atoms with Gasteiger partial charge in [0.05, 0.1) is 11.7 Å². The van der Waals surface area contributed by atoms with Crippen LogP contribution in [0.15, 0.2) is 30.6 Å². The molecule has 0 unspecified atom stereocenters. The first kappa shape index (κ1) is 20.8. The molecule has 0 amide bonds. The van der Waals surface area contributed by atoms with Crippen LogP contribution in [0.1, 0.15) is 32.3 Å². The third-order valence-corrected chi connectivity index (χ3v) is 4.25. The van der Waals surface area contributed by atoms with Gasteiger partial charge in [0.15, 0.2) is 11.6 Å². The lowest BCUT2D eigenvalue weighted by atomic mass is 10.1. The van der Waals surface area contributed by atoms with Crippen molar-refractivity contribution < 1.29 is 28.2 Å². The summed E-state index contributed by atoms with van der Waals surface area (Å²) in [6, 6.07) is 6.11. The molecule has 2 heterocycles. The van der Waals surface area contributed by atoms with Crippen LogP contribution in [0.4, 0.5) is 9.18 Å². The zero-order valence-electron chi connectivity index (χ0n) is 16.6. The fourth-order valence-corrected chi connectivity index (χ4v) is 2.79. The minimum absolute atomic E-state index is 0.0824. The van der Waals surface area contributed by atoms with Crippen molar-refractivity contribution in [2.45, 2.75) is 45.8 Å². The van der Waals surface area contributed by atoms with E-state index in [1.807, 2.05) is 0 Å². The number of carbonyl (C=O) groups excluding carboxylic acids is 1. The van der Waals surface area contributed by atoms with E-state index < -0.39 is 12.0 Å². The molecule has 0 atom stereocenters. The molecular weight excluding hydrogens is 381 g/mol. The predicted molar refractivity (Wildman–Crippen MR) is 101 cm³/mol. The second kappa shape index (κ2) is 9.51. The SMILES string of the molecule is Cc1c(Oc2ccccc2F)ncnc1OC1CCN(OC(=O)OC(C)C)CC1. The molecule has 1 saturated heterocycles. The summed E-state index contributed by atoms with van der Waals surface area (Å²) < 4.78 is 30.4. The maximum absolute atomic E-state index is 13.8. The molecule has 1 aromatic heterocycles. The van der Waals surface area contributed by atoms with Crippen molar-refractivity contribution >= 4 is 6.16 Å². The number of aromatic nitrogens is 2. The maximum Gasteiger partial charge on any atom is 0.528 e. The molecule has 1 aliphatic rings. The number of hydrogen-bond donors (Lipinski definition) is 0. The first-order valence-corrected chi connectivity index (χ1v) is 9.46. The quantitative estimate of drug-likeness (QED) is 0.666. The second-order valence-corrected chi connectivity index (χ2v) is 6.90. The smallest absolute Gasteiger partial charge is 0.474 e. The first-order valence-electron chi connectivity index (χ1n) is 9.46. The lowest BCUT2D eigenvalue weighted by Gasteiger charge is -2.30. The normalized spacial score (nSPS) is 15.2. The minimum atomic E-state index is -0.707. The van der Waals surface area contributed by atoms with Crippen LogP contribution in [-0.4, -0.2) is 46.5 Å². The summed E-state index contributed by atoms with van der Waals surface area (Å²) in [6.07, 6.45) is 1.55. The summed E-state index contributed by atoms with van der Waals surface area (Å²) in [5, 5.41) is 1.56. The van der Waals surface area contributed by atoms with Gasteiger partial charge in [0.2, 0.25) is 11.8 Å². The van der Waals surface area contributed by atoms with E-state index in [0.717, 1.165) is 0 Å². The second-order valence-electron chi connectivity index (χ2n) is 6.90. The fourth-order valence-electron chi connectivity index (χ4n) is 2.79. The van der Waals surface area contributed by atoms with Crippen LogP contribution in [0, 0.1) is 12.7 Å². The highest BCUT2D eigenvalue weighted by Crippen LogP contribution is 2.30. The number of carbonyl (C=O) groups is 1. The van der Waals surface area contributed by atoms with Crippen LogP contribution < -0.4 is 9.47 Å². The molecule has 8 nitrogen and oxygen atoms in total. The Labute approximate surface area is 168 Å². The van der Waals surface area contributed by atoms with Gasteiger partial charge in [0, 0.05) is 25.9 Å². The van der Waals surface area contributed by atoms with Crippen molar-refractivity contribution in [3.05, 3.63) is 42.0 Å². The minimum Gasteiger partial charge on any atom is -0.474 e. The van der Waals surface area contributed by atoms with E-state index >= 15 is 0 Å². The number of hydrogen-bond acceptors (Lipinski definition) is 8. The third kappa shape index (κ3) is 5.77. The molecule has 1 fully saturated rings. The Morgan fingerprint density at radius 1 is 1.17 bits per heavy atom. The monoisotopic (exact) mass is 405 g/mol. The molecule has 0 radical (unpaired) electrons. The molecule has 0 aliphatic carbocycles. The lowest BCUT2D eigenvalue weighted by Crippen LogP contribution is -2.40. The summed E-state index contributed by atoms with van der Waals surface area (Å²) in [5.41, 5.74) is 0.579. The number of ether oxygens (including phenoxy) is 3. The van der Waals surface area contributed by atoms with E-state index in [-0.39, 0.29) is 23.8 Å². The largest absolute Gasteiger partial charge is 0.528 e. The summed E-state index contributed by atoms with van der Waals surface area (Å²) in [5.74, 6) is 0.220. The van der Waals surface area contributed by atoms with Gasteiger partial charge in [-0.1, -0.05) is 12.1 Å². The van der Waals surface area contributed by atoms with Gasteiger partial charge in [0.1, 0.15) is 12.4 Å². The molecular formula is C20H24FN3O5. The van der Waals surface area contributed by atoms with Crippen LogP contribution >= 0.6 is 0 Å². The van der Waals surface area contributed by atoms with E-state index in [2.05, 4.69) is 9.97 Å². The van der Waals surface area contributed by atoms with E-state index in [4.69, 9.17) is 19.0 Å².